The molecule has 0 atom stereocenters. The van der Waals surface area contributed by atoms with Crippen LogP contribution in [0.1, 0.15) is 5.76 Å². The second-order valence-corrected chi connectivity index (χ2v) is 7.60. The van der Waals surface area contributed by atoms with Gasteiger partial charge in [-0.15, -0.1) is 5.10 Å². The highest BCUT2D eigenvalue weighted by Gasteiger charge is 2.13. The number of nitrogens with one attached hydrogen (secondary N) is 1. The summed E-state index contributed by atoms with van der Waals surface area (Å²) in [5.74, 6) is 2.52. The molecule has 0 aliphatic carbocycles. The van der Waals surface area contributed by atoms with Crippen molar-refractivity contribution in [3.8, 4) is 28.4 Å². The fourth-order valence-electron chi connectivity index (χ4n) is 2.57. The number of H-pyrrole nitrogens is 1. The van der Waals surface area contributed by atoms with E-state index in [0.717, 1.165) is 22.6 Å². The van der Waals surface area contributed by atoms with Crippen LogP contribution < -0.4 is 4.74 Å². The average Bonchev–Trinajstić information content (AvgIpc) is 3.36. The average molecular weight is 433 g/mol. The van der Waals surface area contributed by atoms with Crippen LogP contribution in [0.4, 0.5) is 0 Å². The van der Waals surface area contributed by atoms with Gasteiger partial charge < -0.3 is 9.26 Å². The van der Waals surface area contributed by atoms with Crippen LogP contribution in [0.2, 0.25) is 10.0 Å². The van der Waals surface area contributed by atoms with E-state index in [9.17, 15) is 0 Å². The molecule has 0 saturated carbocycles. The molecule has 4 aromatic rings. The van der Waals surface area contributed by atoms with E-state index in [4.69, 9.17) is 32.5 Å². The number of thioether (sulfide) groups is 1. The summed E-state index contributed by atoms with van der Waals surface area (Å²) in [6, 6.07) is 14.7. The number of nitrogens with zero attached hydrogens (tertiary/aromatic N) is 3. The molecular formula is C19H14Cl2N4O2S. The first kappa shape index (κ1) is 18.9. The Morgan fingerprint density at radius 3 is 2.64 bits per heavy atom. The summed E-state index contributed by atoms with van der Waals surface area (Å²) in [5.41, 5.74) is 2.45. The Labute approximate surface area is 175 Å². The van der Waals surface area contributed by atoms with Crippen LogP contribution in [-0.4, -0.2) is 27.4 Å². The lowest BCUT2D eigenvalue weighted by Gasteiger charge is -2.05. The number of hydrogen-bond acceptors (Lipinski definition) is 6. The molecule has 0 bridgehead atoms. The zero-order chi connectivity index (χ0) is 19.5. The summed E-state index contributed by atoms with van der Waals surface area (Å²) >= 11 is 13.4. The molecule has 2 aromatic carbocycles. The molecule has 1 N–H and O–H groups in total. The smallest absolute Gasteiger partial charge is 0.209 e. The number of aromatic nitrogens is 4. The first-order valence-corrected chi connectivity index (χ1v) is 9.97. The summed E-state index contributed by atoms with van der Waals surface area (Å²) in [4.78, 5) is 4.50. The lowest BCUT2D eigenvalue weighted by atomic mass is 10.1. The van der Waals surface area contributed by atoms with Crippen LogP contribution in [0.15, 0.2) is 58.2 Å². The van der Waals surface area contributed by atoms with Crippen molar-refractivity contribution in [2.45, 2.75) is 10.9 Å². The van der Waals surface area contributed by atoms with Crippen LogP contribution in [0, 0.1) is 0 Å². The van der Waals surface area contributed by atoms with Gasteiger partial charge in [0.25, 0.3) is 0 Å². The fourth-order valence-corrected chi connectivity index (χ4v) is 3.54. The van der Waals surface area contributed by atoms with E-state index in [2.05, 4.69) is 20.3 Å². The molecule has 4 rings (SSSR count). The number of rotatable bonds is 6. The molecule has 2 aromatic heterocycles. The van der Waals surface area contributed by atoms with Gasteiger partial charge in [-0.25, -0.2) is 4.98 Å². The minimum atomic E-state index is 0.546. The van der Waals surface area contributed by atoms with Gasteiger partial charge in [-0.2, -0.15) is 0 Å². The maximum Gasteiger partial charge on any atom is 0.209 e. The number of methoxy groups -OCH3 is 1. The third-order valence-corrected chi connectivity index (χ3v) is 5.28. The lowest BCUT2D eigenvalue weighted by molar-refractivity contribution is 0.397. The van der Waals surface area contributed by atoms with E-state index in [1.807, 2.05) is 30.3 Å². The van der Waals surface area contributed by atoms with Crippen molar-refractivity contribution in [1.82, 2.24) is 20.3 Å². The fraction of sp³-hybridized carbons (Fsp3) is 0.105. The lowest BCUT2D eigenvalue weighted by Crippen LogP contribution is -1.89. The standard InChI is InChI=1S/C19H14Cl2N4O2S/c1-26-17-7-6-13(21)8-15(17)18-22-19(24-23-18)28-10-14-9-16(25-27-14)11-2-4-12(20)5-3-11/h2-9H,10H2,1H3,(H,22,23,24). The van der Waals surface area contributed by atoms with Crippen LogP contribution in [0.5, 0.6) is 5.75 Å². The van der Waals surface area contributed by atoms with Gasteiger partial charge in [0.1, 0.15) is 17.2 Å². The van der Waals surface area contributed by atoms with Crippen LogP contribution in [-0.2, 0) is 5.75 Å². The third kappa shape index (κ3) is 4.16. The highest BCUT2D eigenvalue weighted by molar-refractivity contribution is 7.98. The van der Waals surface area contributed by atoms with Crippen molar-refractivity contribution in [2.24, 2.45) is 0 Å². The summed E-state index contributed by atoms with van der Waals surface area (Å²) in [6.07, 6.45) is 0. The van der Waals surface area contributed by atoms with Crippen molar-refractivity contribution in [3.05, 3.63) is 64.3 Å². The van der Waals surface area contributed by atoms with Crippen molar-refractivity contribution in [1.29, 1.82) is 0 Å². The van der Waals surface area contributed by atoms with Gasteiger partial charge >= 0.3 is 0 Å². The Morgan fingerprint density at radius 1 is 1.07 bits per heavy atom. The van der Waals surface area contributed by atoms with Gasteiger partial charge in [0, 0.05) is 21.7 Å². The number of benzene rings is 2. The number of hydrogen-bond donors (Lipinski definition) is 1. The molecule has 0 aliphatic heterocycles. The van der Waals surface area contributed by atoms with E-state index < -0.39 is 0 Å². The topological polar surface area (TPSA) is 76.8 Å². The quantitative estimate of drug-likeness (QED) is 0.391. The molecule has 9 heteroatoms. The maximum absolute atomic E-state index is 6.08. The molecule has 142 valence electrons. The van der Waals surface area contributed by atoms with E-state index >= 15 is 0 Å². The maximum atomic E-state index is 6.08. The Kier molecular flexibility index (Phi) is 5.57. The zero-order valence-electron chi connectivity index (χ0n) is 14.6. The number of ether oxygens (including phenoxy) is 1. The van der Waals surface area contributed by atoms with E-state index in [-0.39, 0.29) is 0 Å². The van der Waals surface area contributed by atoms with Crippen LogP contribution in [0.3, 0.4) is 0 Å². The van der Waals surface area contributed by atoms with Gasteiger partial charge in [-0.1, -0.05) is 52.3 Å². The van der Waals surface area contributed by atoms with Crippen molar-refractivity contribution >= 4 is 35.0 Å². The molecule has 0 spiro atoms. The van der Waals surface area contributed by atoms with Gasteiger partial charge in [0.15, 0.2) is 5.82 Å². The normalized spacial score (nSPS) is 11.0. The van der Waals surface area contributed by atoms with Crippen molar-refractivity contribution in [3.63, 3.8) is 0 Å². The van der Waals surface area contributed by atoms with Gasteiger partial charge in [-0.05, 0) is 30.3 Å². The first-order chi connectivity index (χ1) is 13.6. The molecule has 28 heavy (non-hydrogen) atoms. The van der Waals surface area contributed by atoms with Crippen molar-refractivity contribution in [2.75, 3.05) is 7.11 Å². The van der Waals surface area contributed by atoms with Crippen LogP contribution in [0.25, 0.3) is 22.6 Å². The molecular weight excluding hydrogens is 419 g/mol. The summed E-state index contributed by atoms with van der Waals surface area (Å²) < 4.78 is 10.8. The molecule has 6 nitrogen and oxygen atoms in total. The highest BCUT2D eigenvalue weighted by Crippen LogP contribution is 2.32. The predicted molar refractivity (Wildman–Crippen MR) is 110 cm³/mol. The van der Waals surface area contributed by atoms with Crippen molar-refractivity contribution < 1.29 is 9.26 Å². The van der Waals surface area contributed by atoms with E-state index in [0.29, 0.717) is 32.5 Å². The Bertz CT molecular complexity index is 1100. The monoisotopic (exact) mass is 432 g/mol. The predicted octanol–water partition coefficient (Wildman–Crippen LogP) is 5.73. The Hall–Kier alpha value is -2.48. The largest absolute Gasteiger partial charge is 0.496 e. The van der Waals surface area contributed by atoms with Gasteiger partial charge in [0.2, 0.25) is 5.16 Å². The SMILES string of the molecule is COc1ccc(Cl)cc1-c1nc(SCc2cc(-c3ccc(Cl)cc3)no2)n[nH]1. The van der Waals surface area contributed by atoms with E-state index in [1.54, 1.807) is 25.3 Å². The van der Waals surface area contributed by atoms with Crippen LogP contribution >= 0.6 is 35.0 Å². The Balaban J connectivity index is 1.46. The van der Waals surface area contributed by atoms with Gasteiger partial charge in [-0.3, -0.25) is 5.10 Å². The minimum Gasteiger partial charge on any atom is -0.496 e. The minimum absolute atomic E-state index is 0.546. The third-order valence-electron chi connectivity index (χ3n) is 3.92. The summed E-state index contributed by atoms with van der Waals surface area (Å²) in [6.45, 7) is 0. The van der Waals surface area contributed by atoms with E-state index in [1.165, 1.54) is 11.8 Å². The number of halogens is 2. The molecule has 0 saturated heterocycles. The molecule has 2 heterocycles. The molecule has 0 aliphatic rings. The molecule has 0 unspecified atom stereocenters. The Morgan fingerprint density at radius 2 is 1.86 bits per heavy atom. The summed E-state index contributed by atoms with van der Waals surface area (Å²) in [7, 11) is 1.60. The zero-order valence-corrected chi connectivity index (χ0v) is 17.0. The second kappa shape index (κ2) is 8.26. The molecule has 0 radical (unpaired) electrons. The summed E-state index contributed by atoms with van der Waals surface area (Å²) in [5, 5.41) is 13.1. The molecule has 0 fully saturated rings. The number of aromatic amines is 1. The van der Waals surface area contributed by atoms with Gasteiger partial charge in [0.05, 0.1) is 18.4 Å². The first-order valence-electron chi connectivity index (χ1n) is 8.23. The highest BCUT2D eigenvalue weighted by atomic mass is 35.5. The second-order valence-electron chi connectivity index (χ2n) is 5.79. The molecule has 0 amide bonds.